The topological polar surface area (TPSA) is 372 Å². The molecule has 4 aliphatic rings. The molecule has 0 saturated carbocycles. The molecule has 68 heavy (non-hydrogen) atoms. The van der Waals surface area contributed by atoms with Crippen molar-refractivity contribution in [2.24, 2.45) is 0 Å². The van der Waals surface area contributed by atoms with Gasteiger partial charge in [-0.3, -0.25) is 0 Å². The number of hydrogen-bond donors (Lipinski definition) is 13. The second-order valence-electron chi connectivity index (χ2n) is 16.1. The highest BCUT2D eigenvalue weighted by Gasteiger charge is 2.50. The van der Waals surface area contributed by atoms with Crippen molar-refractivity contribution in [3.05, 3.63) is 71.0 Å². The molecule has 4 aliphatic heterocycles. The van der Waals surface area contributed by atoms with E-state index in [4.69, 9.17) is 47.4 Å². The van der Waals surface area contributed by atoms with Gasteiger partial charge in [0.1, 0.15) is 84.0 Å². The number of fused-ring (bicyclic) bond motifs is 1. The smallest absolute Gasteiger partial charge is 0.331 e. The maximum atomic E-state index is 12.7. The van der Waals surface area contributed by atoms with Crippen LogP contribution in [0.25, 0.3) is 12.2 Å². The third-order valence-electron chi connectivity index (χ3n) is 11.6. The zero-order valence-corrected chi connectivity index (χ0v) is 36.2. The molecule has 0 radical (unpaired) electrons. The Hall–Kier alpha value is -5.71. The minimum absolute atomic E-state index is 0.0358. The van der Waals surface area contributed by atoms with Crippen LogP contribution in [0.2, 0.25) is 0 Å². The predicted molar refractivity (Wildman–Crippen MR) is 224 cm³/mol. The number of hydrogen-bond acceptors (Lipinski definition) is 24. The highest BCUT2D eigenvalue weighted by molar-refractivity contribution is 5.87. The van der Waals surface area contributed by atoms with Crippen LogP contribution in [0, 0.1) is 0 Å². The molecular formula is C44H52O24. The molecule has 13 N–H and O–H groups in total. The molecule has 1 unspecified atom stereocenters. The van der Waals surface area contributed by atoms with Crippen molar-refractivity contribution in [1.82, 2.24) is 0 Å². The van der Waals surface area contributed by atoms with Gasteiger partial charge in [-0.25, -0.2) is 4.79 Å². The number of aliphatic hydroxyl groups excluding tert-OH is 9. The van der Waals surface area contributed by atoms with E-state index < -0.39 is 135 Å². The van der Waals surface area contributed by atoms with Crippen molar-refractivity contribution in [3.63, 3.8) is 0 Å². The van der Waals surface area contributed by atoms with Crippen molar-refractivity contribution >= 4 is 18.1 Å². The summed E-state index contributed by atoms with van der Waals surface area (Å²) in [7, 11) is 2.56. The first-order chi connectivity index (χ1) is 32.3. The lowest BCUT2D eigenvalue weighted by molar-refractivity contribution is -0.325. The molecule has 24 heteroatoms. The SMILES string of the molecule is COc1cc(/C=C/C(=O)O[C@@H]2[C@@H](O)[C@H](O)[C@H](OC[C@H]3O[C@@H](OC4=Cc5c(cc(O)cc5O[C@@H]5O[C@H](CO)[C@H](O)[C@H](O)[C@H]5O)OC4c4cc(O)c(O)c(OC)c4)[C@H](O)[C@@H](O)[C@H]3O)O[C@H]2C)ccc1O. The summed E-state index contributed by atoms with van der Waals surface area (Å²) in [6, 6.07) is 8.87. The van der Waals surface area contributed by atoms with E-state index in [-0.39, 0.29) is 45.6 Å². The van der Waals surface area contributed by atoms with Crippen LogP contribution in [-0.4, -0.2) is 192 Å². The number of phenolic OH excluding ortho intramolecular Hbond substituents is 4. The molecular weight excluding hydrogens is 912 g/mol. The van der Waals surface area contributed by atoms with Crippen molar-refractivity contribution in [2.75, 3.05) is 27.4 Å². The number of aromatic hydroxyl groups is 4. The zero-order valence-electron chi connectivity index (χ0n) is 36.2. The highest BCUT2D eigenvalue weighted by Crippen LogP contribution is 2.48. The first-order valence-electron chi connectivity index (χ1n) is 20.9. The Balaban J connectivity index is 1.10. The van der Waals surface area contributed by atoms with E-state index in [0.29, 0.717) is 5.56 Å². The molecule has 3 aromatic rings. The number of benzene rings is 3. The summed E-state index contributed by atoms with van der Waals surface area (Å²) < 4.78 is 56.6. The van der Waals surface area contributed by atoms with Gasteiger partial charge in [-0.1, -0.05) is 6.07 Å². The van der Waals surface area contributed by atoms with Crippen LogP contribution >= 0.6 is 0 Å². The van der Waals surface area contributed by atoms with Gasteiger partial charge in [-0.05, 0) is 48.9 Å². The van der Waals surface area contributed by atoms with E-state index in [2.05, 4.69) is 0 Å². The number of methoxy groups -OCH3 is 2. The lowest BCUT2D eigenvalue weighted by Gasteiger charge is -2.43. The number of esters is 1. The Morgan fingerprint density at radius 1 is 0.676 bits per heavy atom. The molecule has 0 spiro atoms. The fourth-order valence-corrected chi connectivity index (χ4v) is 7.78. The standard InChI is InChI=1S/C44H52O24/c1-16-40(68-30(49)7-5-17-4-6-21(47)25(8-17)59-2)36(55)39(58)42(62-16)61-15-29-33(52)35(54)38(57)44(67-29)65-27-13-20-23(63-41(27)18-9-22(48)31(50)26(10-18)60-3)11-19(46)12-24(20)64-43-37(56)34(53)32(51)28(14-45)66-43/h4-13,16,28-29,32-48,50-58H,14-15H2,1-3H3/b7-5+/t16-,28+,29+,32-,33-,34-,35-,36-,37+,38+,39-,40-,41?,42+,43+,44+/m0/s1. The van der Waals surface area contributed by atoms with E-state index in [1.54, 1.807) is 0 Å². The fraction of sp³-hybridized carbons (Fsp3) is 0.477. The molecule has 372 valence electrons. The van der Waals surface area contributed by atoms with Crippen LogP contribution in [-0.2, 0) is 33.2 Å². The van der Waals surface area contributed by atoms with Crippen LogP contribution in [0.15, 0.2) is 54.3 Å². The lowest BCUT2D eigenvalue weighted by Crippen LogP contribution is -2.61. The molecule has 3 fully saturated rings. The Morgan fingerprint density at radius 3 is 2.00 bits per heavy atom. The quantitative estimate of drug-likeness (QED) is 0.0477. The maximum Gasteiger partial charge on any atom is 0.331 e. The summed E-state index contributed by atoms with van der Waals surface area (Å²) >= 11 is 0. The Kier molecular flexibility index (Phi) is 15.4. The van der Waals surface area contributed by atoms with E-state index in [1.807, 2.05) is 0 Å². The van der Waals surface area contributed by atoms with Crippen molar-refractivity contribution < 1.29 is 119 Å². The maximum absolute atomic E-state index is 12.7. The summed E-state index contributed by atoms with van der Waals surface area (Å²) in [5, 5.41) is 138. The van der Waals surface area contributed by atoms with Gasteiger partial charge < -0.3 is 114 Å². The van der Waals surface area contributed by atoms with E-state index in [1.165, 1.54) is 57.6 Å². The largest absolute Gasteiger partial charge is 0.508 e. The molecule has 7 rings (SSSR count). The second kappa shape index (κ2) is 20.9. The van der Waals surface area contributed by atoms with Gasteiger partial charge in [0.05, 0.1) is 39.1 Å². The van der Waals surface area contributed by atoms with Gasteiger partial charge in [0.2, 0.25) is 18.3 Å². The Bertz CT molecular complexity index is 2320. The third-order valence-corrected chi connectivity index (χ3v) is 11.6. The zero-order chi connectivity index (χ0) is 49.3. The van der Waals surface area contributed by atoms with Gasteiger partial charge in [0.25, 0.3) is 0 Å². The van der Waals surface area contributed by atoms with Gasteiger partial charge in [0, 0.05) is 23.8 Å². The molecule has 0 bridgehead atoms. The minimum Gasteiger partial charge on any atom is -0.508 e. The first-order valence-corrected chi connectivity index (χ1v) is 20.9. The molecule has 0 aromatic heterocycles. The van der Waals surface area contributed by atoms with Crippen molar-refractivity contribution in [3.8, 4) is 46.0 Å². The molecule has 0 amide bonds. The number of aliphatic hydroxyl groups is 9. The Morgan fingerprint density at radius 2 is 1.32 bits per heavy atom. The van der Waals surface area contributed by atoms with E-state index in [9.17, 15) is 71.2 Å². The molecule has 24 nitrogen and oxygen atoms in total. The summed E-state index contributed by atoms with van der Waals surface area (Å²) in [5.41, 5.74) is 0.466. The van der Waals surface area contributed by atoms with Gasteiger partial charge in [-0.15, -0.1) is 0 Å². The molecule has 0 aliphatic carbocycles. The summed E-state index contributed by atoms with van der Waals surface area (Å²) in [4.78, 5) is 12.7. The van der Waals surface area contributed by atoms with Crippen LogP contribution in [0.4, 0.5) is 0 Å². The second-order valence-corrected chi connectivity index (χ2v) is 16.1. The average Bonchev–Trinajstić information content (AvgIpc) is 3.32. The van der Waals surface area contributed by atoms with Crippen LogP contribution in [0.5, 0.6) is 46.0 Å². The number of ether oxygens (including phenoxy) is 10. The highest BCUT2D eigenvalue weighted by atomic mass is 16.7. The first kappa shape index (κ1) is 50.2. The van der Waals surface area contributed by atoms with Crippen LogP contribution in [0.3, 0.4) is 0 Å². The van der Waals surface area contributed by atoms with Gasteiger partial charge in [0.15, 0.2) is 41.5 Å². The van der Waals surface area contributed by atoms with Crippen molar-refractivity contribution in [2.45, 2.75) is 105 Å². The molecule has 3 aromatic carbocycles. The normalized spacial score (nSPS) is 33.7. The van der Waals surface area contributed by atoms with E-state index >= 15 is 0 Å². The van der Waals surface area contributed by atoms with Crippen LogP contribution < -0.4 is 18.9 Å². The number of rotatable bonds is 14. The summed E-state index contributed by atoms with van der Waals surface area (Å²) in [6.45, 7) is -0.0402. The van der Waals surface area contributed by atoms with Crippen LogP contribution in [0.1, 0.15) is 29.7 Å². The number of phenols is 4. The van der Waals surface area contributed by atoms with Gasteiger partial charge >= 0.3 is 5.97 Å². The monoisotopic (exact) mass is 964 g/mol. The van der Waals surface area contributed by atoms with Gasteiger partial charge in [-0.2, -0.15) is 0 Å². The Labute approximate surface area is 385 Å². The fourth-order valence-electron chi connectivity index (χ4n) is 7.78. The summed E-state index contributed by atoms with van der Waals surface area (Å²) in [6.07, 6.45) is -23.4. The van der Waals surface area contributed by atoms with Crippen molar-refractivity contribution in [1.29, 1.82) is 0 Å². The average molecular weight is 965 g/mol. The predicted octanol–water partition coefficient (Wildman–Crippen LogP) is -1.89. The minimum atomic E-state index is -2.00. The third kappa shape index (κ3) is 10.3. The molecule has 3 saturated heterocycles. The lowest BCUT2D eigenvalue weighted by atomic mass is 9.97. The number of carbonyl (C=O) groups is 1. The molecule has 4 heterocycles. The van der Waals surface area contributed by atoms with E-state index in [0.717, 1.165) is 24.3 Å². The number of carbonyl (C=O) groups excluding carboxylic acids is 1. The summed E-state index contributed by atoms with van der Waals surface area (Å²) in [5.74, 6) is -3.56. The molecule has 16 atom stereocenters.